The molecule has 9 heteroatoms. The van der Waals surface area contributed by atoms with Crippen LogP contribution in [0.2, 0.25) is 0 Å². The summed E-state index contributed by atoms with van der Waals surface area (Å²) in [6.07, 6.45) is 8.15. The lowest BCUT2D eigenvalue weighted by atomic mass is 10.1. The van der Waals surface area contributed by atoms with E-state index in [1.165, 1.54) is 12.0 Å². The minimum Gasteiger partial charge on any atom is -0.383 e. The predicted molar refractivity (Wildman–Crippen MR) is 151 cm³/mol. The van der Waals surface area contributed by atoms with E-state index in [2.05, 4.69) is 96.6 Å². The molecule has 0 amide bonds. The number of hydrogen-bond donors (Lipinski definition) is 3. The molecule has 4 heterocycles. The molecule has 1 saturated heterocycles. The molecule has 4 atom stereocenters. The van der Waals surface area contributed by atoms with Gasteiger partial charge in [0.05, 0.1) is 34.7 Å². The molecule has 1 saturated carbocycles. The van der Waals surface area contributed by atoms with Crippen molar-refractivity contribution in [1.82, 2.24) is 29.7 Å². The number of H-pyrrole nitrogens is 1. The van der Waals surface area contributed by atoms with Gasteiger partial charge in [0.25, 0.3) is 0 Å². The third-order valence-corrected chi connectivity index (χ3v) is 8.02. The maximum atomic E-state index is 6.37. The lowest BCUT2D eigenvalue weighted by Gasteiger charge is -2.24. The Labute approximate surface area is 226 Å². The molecule has 3 unspecified atom stereocenters. The van der Waals surface area contributed by atoms with Crippen LogP contribution in [0.4, 0.5) is 11.8 Å². The Morgan fingerprint density at radius 3 is 2.79 bits per heavy atom. The van der Waals surface area contributed by atoms with Crippen LogP contribution in [0.3, 0.4) is 0 Å². The number of benzene rings is 2. The van der Waals surface area contributed by atoms with Gasteiger partial charge in [-0.05, 0) is 67.9 Å². The van der Waals surface area contributed by atoms with E-state index >= 15 is 0 Å². The molecular formula is C30H32N8O. The number of nitrogen functional groups attached to an aromatic ring is 1. The average Bonchev–Trinajstić information content (AvgIpc) is 3.42. The number of aromatic amines is 1. The van der Waals surface area contributed by atoms with Crippen molar-refractivity contribution >= 4 is 22.8 Å². The van der Waals surface area contributed by atoms with Crippen molar-refractivity contribution < 1.29 is 4.74 Å². The van der Waals surface area contributed by atoms with Crippen LogP contribution < -0.4 is 11.1 Å². The Kier molecular flexibility index (Phi) is 6.00. The second kappa shape index (κ2) is 9.81. The van der Waals surface area contributed by atoms with E-state index in [-0.39, 0.29) is 12.3 Å². The van der Waals surface area contributed by atoms with E-state index in [1.807, 2.05) is 6.33 Å². The number of fused-ring (bicyclic) bond motifs is 1. The van der Waals surface area contributed by atoms with E-state index in [0.29, 0.717) is 23.6 Å². The summed E-state index contributed by atoms with van der Waals surface area (Å²) in [5, 5.41) is 11.1. The van der Waals surface area contributed by atoms with Gasteiger partial charge in [0.2, 0.25) is 5.95 Å². The van der Waals surface area contributed by atoms with E-state index in [0.717, 1.165) is 59.4 Å². The minimum absolute atomic E-state index is 0.0301. The van der Waals surface area contributed by atoms with E-state index < -0.39 is 0 Å². The van der Waals surface area contributed by atoms with Gasteiger partial charge in [-0.2, -0.15) is 10.1 Å². The third-order valence-electron chi connectivity index (χ3n) is 8.02. The summed E-state index contributed by atoms with van der Waals surface area (Å²) >= 11 is 0. The van der Waals surface area contributed by atoms with Gasteiger partial charge in [-0.15, -0.1) is 0 Å². The van der Waals surface area contributed by atoms with Crippen LogP contribution in [0, 0.1) is 0 Å². The molecule has 0 bridgehead atoms. The molecule has 39 heavy (non-hydrogen) atoms. The monoisotopic (exact) mass is 520 g/mol. The molecule has 198 valence electrons. The SMILES string of the molecule is C[C@H](Nc1ncc(-c2cc(C3CC3c3ccccc3)[nH]n2)c(N)n1)c1ccc2c(c1)ncn2C1CCCCO1. The zero-order valence-corrected chi connectivity index (χ0v) is 21.9. The second-order valence-electron chi connectivity index (χ2n) is 10.6. The summed E-state index contributed by atoms with van der Waals surface area (Å²) in [6.45, 7) is 2.89. The second-order valence-corrected chi connectivity index (χ2v) is 10.6. The van der Waals surface area contributed by atoms with Crippen molar-refractivity contribution in [3.63, 3.8) is 0 Å². The molecule has 3 aromatic heterocycles. The van der Waals surface area contributed by atoms with E-state index in [4.69, 9.17) is 10.5 Å². The first-order valence-corrected chi connectivity index (χ1v) is 13.7. The number of rotatable bonds is 7. The first kappa shape index (κ1) is 23.8. The fraction of sp³-hybridized carbons (Fsp3) is 0.333. The summed E-state index contributed by atoms with van der Waals surface area (Å²) < 4.78 is 8.10. The van der Waals surface area contributed by atoms with Crippen LogP contribution in [-0.2, 0) is 4.74 Å². The smallest absolute Gasteiger partial charge is 0.225 e. The largest absolute Gasteiger partial charge is 0.383 e. The molecule has 7 rings (SSSR count). The van der Waals surface area contributed by atoms with Crippen LogP contribution in [0.5, 0.6) is 0 Å². The van der Waals surface area contributed by atoms with E-state index in [1.54, 1.807) is 6.20 Å². The molecule has 2 fully saturated rings. The fourth-order valence-corrected chi connectivity index (χ4v) is 5.70. The van der Waals surface area contributed by atoms with Crippen LogP contribution in [-0.4, -0.2) is 36.3 Å². The maximum Gasteiger partial charge on any atom is 0.225 e. The summed E-state index contributed by atoms with van der Waals surface area (Å²) in [7, 11) is 0. The highest BCUT2D eigenvalue weighted by Gasteiger charge is 2.40. The molecule has 2 aliphatic rings. The van der Waals surface area contributed by atoms with Gasteiger partial charge in [0, 0.05) is 24.4 Å². The molecule has 0 spiro atoms. The van der Waals surface area contributed by atoms with Crippen molar-refractivity contribution in [1.29, 1.82) is 0 Å². The standard InChI is InChI=1S/C30H32N8O/c1-18(20-10-11-27-26(13-20)33-17-38(27)28-9-5-6-12-39-28)34-30-32-16-23(29(31)35-30)25-15-24(36-37-25)22-14-21(22)19-7-3-2-4-8-19/h2-4,7-8,10-11,13,15-18,21-22,28H,5-6,9,12,14H2,1H3,(H,36,37)(H3,31,32,34,35)/t18-,21?,22?,28?/m0/s1. The Hall–Kier alpha value is -4.24. The first-order chi connectivity index (χ1) is 19.1. The number of ether oxygens (including phenoxy) is 1. The average molecular weight is 521 g/mol. The zero-order valence-electron chi connectivity index (χ0n) is 21.9. The van der Waals surface area contributed by atoms with Gasteiger partial charge in [-0.1, -0.05) is 36.4 Å². The van der Waals surface area contributed by atoms with Crippen molar-refractivity contribution in [2.45, 2.75) is 56.7 Å². The molecule has 1 aliphatic carbocycles. The van der Waals surface area contributed by atoms with Gasteiger partial charge >= 0.3 is 0 Å². The summed E-state index contributed by atoms with van der Waals surface area (Å²) in [5.74, 6) is 1.87. The molecule has 1 aliphatic heterocycles. The van der Waals surface area contributed by atoms with Crippen molar-refractivity contribution in [3.8, 4) is 11.3 Å². The highest BCUT2D eigenvalue weighted by Crippen LogP contribution is 2.54. The lowest BCUT2D eigenvalue weighted by molar-refractivity contribution is -0.0295. The van der Waals surface area contributed by atoms with Gasteiger partial charge in [-0.25, -0.2) is 9.97 Å². The molecule has 5 aromatic rings. The number of nitrogens with two attached hydrogens (primary N) is 1. The Bertz CT molecular complexity index is 1600. The quantitative estimate of drug-likeness (QED) is 0.243. The normalized spacial score (nSPS) is 21.6. The minimum atomic E-state index is -0.0301. The molecule has 2 aromatic carbocycles. The van der Waals surface area contributed by atoms with Crippen LogP contribution in [0.1, 0.15) is 73.5 Å². The van der Waals surface area contributed by atoms with Crippen LogP contribution >= 0.6 is 0 Å². The van der Waals surface area contributed by atoms with Crippen LogP contribution in [0.25, 0.3) is 22.3 Å². The van der Waals surface area contributed by atoms with Crippen molar-refractivity contribution in [2.24, 2.45) is 0 Å². The van der Waals surface area contributed by atoms with Crippen molar-refractivity contribution in [3.05, 3.63) is 83.9 Å². The number of anilines is 2. The topological polar surface area (TPSA) is 120 Å². The van der Waals surface area contributed by atoms with E-state index in [9.17, 15) is 0 Å². The molecular weight excluding hydrogens is 488 g/mol. The summed E-state index contributed by atoms with van der Waals surface area (Å²) in [5.41, 5.74) is 13.5. The highest BCUT2D eigenvalue weighted by molar-refractivity contribution is 5.76. The zero-order chi connectivity index (χ0) is 26.3. The van der Waals surface area contributed by atoms with Crippen molar-refractivity contribution in [2.75, 3.05) is 17.7 Å². The Morgan fingerprint density at radius 1 is 1.08 bits per heavy atom. The number of nitrogens with zero attached hydrogens (tertiary/aromatic N) is 5. The summed E-state index contributed by atoms with van der Waals surface area (Å²) in [6, 6.07) is 19.0. The van der Waals surface area contributed by atoms with Gasteiger partial charge < -0.3 is 20.4 Å². The highest BCUT2D eigenvalue weighted by atomic mass is 16.5. The number of hydrogen-bond acceptors (Lipinski definition) is 7. The van der Waals surface area contributed by atoms with Gasteiger partial charge in [-0.3, -0.25) is 5.10 Å². The molecule has 4 N–H and O–H groups in total. The van der Waals surface area contributed by atoms with Gasteiger partial charge in [0.15, 0.2) is 0 Å². The lowest BCUT2D eigenvalue weighted by Crippen LogP contribution is -2.17. The maximum absolute atomic E-state index is 6.37. The fourth-order valence-electron chi connectivity index (χ4n) is 5.70. The third kappa shape index (κ3) is 4.63. The first-order valence-electron chi connectivity index (χ1n) is 13.7. The predicted octanol–water partition coefficient (Wildman–Crippen LogP) is 5.94. The Morgan fingerprint density at radius 2 is 1.97 bits per heavy atom. The number of imidazole rings is 1. The molecule has 0 radical (unpaired) electrons. The summed E-state index contributed by atoms with van der Waals surface area (Å²) in [4.78, 5) is 13.7. The van der Waals surface area contributed by atoms with Gasteiger partial charge in [0.1, 0.15) is 12.0 Å². The van der Waals surface area contributed by atoms with Crippen LogP contribution in [0.15, 0.2) is 67.1 Å². The number of nitrogens with one attached hydrogen (secondary N) is 2. The molecule has 9 nitrogen and oxygen atoms in total. The Balaban J connectivity index is 1.04. The number of aromatic nitrogens is 6.